The molecule has 1 atom stereocenters. The Kier molecular flexibility index (Phi) is 4.54. The summed E-state index contributed by atoms with van der Waals surface area (Å²) in [6.45, 7) is 7.79. The van der Waals surface area contributed by atoms with E-state index in [1.807, 2.05) is 18.5 Å². The summed E-state index contributed by atoms with van der Waals surface area (Å²) in [5.74, 6) is 0.509. The maximum absolute atomic E-state index is 12.6. The lowest BCUT2D eigenvalue weighted by Crippen LogP contribution is -2.51. The van der Waals surface area contributed by atoms with E-state index in [2.05, 4.69) is 21.0 Å². The number of hydrogen-bond donors (Lipinski definition) is 0. The third kappa shape index (κ3) is 3.26. The number of hydrogen-bond acceptors (Lipinski definition) is 6. The molecule has 0 aliphatic carbocycles. The van der Waals surface area contributed by atoms with Gasteiger partial charge in [-0.3, -0.25) is 14.4 Å². The standard InChI is InChI=1S/C18H25N5O3/c1-12-6-13(2)23(20-12)14-7-22(8-14)18(24)16-11-26-17(19-16)10-21-5-4-15(9-21)25-3/h6,11,14-15H,4-5,7-10H2,1-3H3. The zero-order chi connectivity index (χ0) is 18.3. The molecule has 0 radical (unpaired) electrons. The van der Waals surface area contributed by atoms with Crippen molar-refractivity contribution in [3.8, 4) is 0 Å². The van der Waals surface area contributed by atoms with Crippen molar-refractivity contribution in [3.05, 3.63) is 35.3 Å². The first kappa shape index (κ1) is 17.2. The zero-order valence-corrected chi connectivity index (χ0v) is 15.5. The minimum absolute atomic E-state index is 0.0750. The number of oxazole rings is 1. The van der Waals surface area contributed by atoms with Gasteiger partial charge in [-0.05, 0) is 26.3 Å². The summed E-state index contributed by atoms with van der Waals surface area (Å²) in [6.07, 6.45) is 2.77. The molecule has 2 aliphatic heterocycles. The number of carbonyl (C=O) groups is 1. The third-order valence-electron chi connectivity index (χ3n) is 5.23. The molecule has 0 spiro atoms. The van der Waals surface area contributed by atoms with Gasteiger partial charge in [-0.1, -0.05) is 0 Å². The van der Waals surface area contributed by atoms with E-state index in [9.17, 15) is 4.79 Å². The van der Waals surface area contributed by atoms with Gasteiger partial charge in [-0.25, -0.2) is 4.98 Å². The monoisotopic (exact) mass is 359 g/mol. The van der Waals surface area contributed by atoms with Gasteiger partial charge in [0.25, 0.3) is 5.91 Å². The van der Waals surface area contributed by atoms with Crippen LogP contribution in [0.1, 0.15) is 40.2 Å². The lowest BCUT2D eigenvalue weighted by molar-refractivity contribution is 0.0491. The Labute approximate surface area is 152 Å². The van der Waals surface area contributed by atoms with Crippen LogP contribution in [0.2, 0.25) is 0 Å². The topological polar surface area (TPSA) is 76.6 Å². The van der Waals surface area contributed by atoms with E-state index in [-0.39, 0.29) is 18.1 Å². The van der Waals surface area contributed by atoms with Crippen molar-refractivity contribution in [1.29, 1.82) is 0 Å². The van der Waals surface area contributed by atoms with Gasteiger partial charge in [0.2, 0.25) is 5.89 Å². The second-order valence-electron chi connectivity index (χ2n) is 7.24. The van der Waals surface area contributed by atoms with Gasteiger partial charge in [-0.2, -0.15) is 5.10 Å². The van der Waals surface area contributed by atoms with Crippen LogP contribution in [0.3, 0.4) is 0 Å². The van der Waals surface area contributed by atoms with Crippen molar-refractivity contribution in [2.45, 2.75) is 39.0 Å². The molecule has 4 rings (SSSR count). The number of aryl methyl sites for hydroxylation is 2. The van der Waals surface area contributed by atoms with Gasteiger partial charge in [-0.15, -0.1) is 0 Å². The van der Waals surface area contributed by atoms with Crippen LogP contribution < -0.4 is 0 Å². The predicted molar refractivity (Wildman–Crippen MR) is 93.8 cm³/mol. The Bertz CT molecular complexity index is 793. The van der Waals surface area contributed by atoms with Crippen molar-refractivity contribution in [1.82, 2.24) is 24.6 Å². The van der Waals surface area contributed by atoms with Crippen LogP contribution in [-0.2, 0) is 11.3 Å². The summed E-state index contributed by atoms with van der Waals surface area (Å²) in [6, 6.07) is 2.30. The smallest absolute Gasteiger partial charge is 0.275 e. The highest BCUT2D eigenvalue weighted by molar-refractivity contribution is 5.92. The number of likely N-dealkylation sites (tertiary alicyclic amines) is 2. The maximum Gasteiger partial charge on any atom is 0.275 e. The second kappa shape index (κ2) is 6.85. The first-order valence-corrected chi connectivity index (χ1v) is 9.05. The second-order valence-corrected chi connectivity index (χ2v) is 7.24. The Balaban J connectivity index is 1.32. The van der Waals surface area contributed by atoms with E-state index < -0.39 is 0 Å². The fraction of sp³-hybridized carbons (Fsp3) is 0.611. The minimum atomic E-state index is -0.0750. The molecule has 0 bridgehead atoms. The predicted octanol–water partition coefficient (Wildman–Crippen LogP) is 1.41. The highest BCUT2D eigenvalue weighted by Crippen LogP contribution is 2.24. The molecule has 2 saturated heterocycles. The van der Waals surface area contributed by atoms with Gasteiger partial charge < -0.3 is 14.1 Å². The molecule has 2 aliphatic rings. The molecule has 1 amide bonds. The van der Waals surface area contributed by atoms with Crippen molar-refractivity contribution >= 4 is 5.91 Å². The van der Waals surface area contributed by atoms with E-state index in [4.69, 9.17) is 9.15 Å². The number of amides is 1. The molecular formula is C18H25N5O3. The van der Waals surface area contributed by atoms with Crippen LogP contribution in [0.4, 0.5) is 0 Å². The SMILES string of the molecule is COC1CCN(Cc2nc(C(=O)N3CC(n4nc(C)cc4C)C3)co2)C1. The Hall–Kier alpha value is -2.19. The van der Waals surface area contributed by atoms with Crippen molar-refractivity contribution in [2.24, 2.45) is 0 Å². The molecule has 26 heavy (non-hydrogen) atoms. The highest BCUT2D eigenvalue weighted by atomic mass is 16.5. The van der Waals surface area contributed by atoms with Crippen LogP contribution in [0.15, 0.2) is 16.7 Å². The van der Waals surface area contributed by atoms with E-state index in [0.717, 1.165) is 30.9 Å². The quantitative estimate of drug-likeness (QED) is 0.803. The summed E-state index contributed by atoms with van der Waals surface area (Å²) in [7, 11) is 1.74. The number of aromatic nitrogens is 3. The van der Waals surface area contributed by atoms with Crippen molar-refractivity contribution in [3.63, 3.8) is 0 Å². The molecule has 8 heteroatoms. The van der Waals surface area contributed by atoms with Crippen LogP contribution in [0.5, 0.6) is 0 Å². The molecular weight excluding hydrogens is 334 g/mol. The summed E-state index contributed by atoms with van der Waals surface area (Å²) < 4.78 is 12.9. The van der Waals surface area contributed by atoms with Crippen LogP contribution in [0.25, 0.3) is 0 Å². The lowest BCUT2D eigenvalue weighted by Gasteiger charge is -2.39. The average molecular weight is 359 g/mol. The maximum atomic E-state index is 12.6. The molecule has 0 saturated carbocycles. The van der Waals surface area contributed by atoms with E-state index in [1.165, 1.54) is 6.26 Å². The molecule has 8 nitrogen and oxygen atoms in total. The number of nitrogens with zero attached hydrogens (tertiary/aromatic N) is 5. The summed E-state index contributed by atoms with van der Waals surface area (Å²) in [4.78, 5) is 21.0. The molecule has 140 valence electrons. The fourth-order valence-electron chi connectivity index (χ4n) is 3.76. The van der Waals surface area contributed by atoms with E-state index >= 15 is 0 Å². The highest BCUT2D eigenvalue weighted by Gasteiger charge is 2.35. The van der Waals surface area contributed by atoms with Gasteiger partial charge in [0.1, 0.15) is 6.26 Å². The lowest BCUT2D eigenvalue weighted by atomic mass is 10.1. The van der Waals surface area contributed by atoms with Gasteiger partial charge in [0.05, 0.1) is 24.4 Å². The summed E-state index contributed by atoms with van der Waals surface area (Å²) >= 11 is 0. The average Bonchev–Trinajstić information content (AvgIpc) is 3.28. The number of ether oxygens (including phenoxy) is 1. The number of methoxy groups -OCH3 is 1. The first-order chi connectivity index (χ1) is 12.5. The molecule has 0 N–H and O–H groups in total. The van der Waals surface area contributed by atoms with Crippen molar-refractivity contribution in [2.75, 3.05) is 33.3 Å². The Morgan fingerprint density at radius 2 is 2.15 bits per heavy atom. The van der Waals surface area contributed by atoms with Gasteiger partial charge >= 0.3 is 0 Å². The molecule has 2 aromatic heterocycles. The number of carbonyl (C=O) groups excluding carboxylic acids is 1. The number of rotatable bonds is 5. The third-order valence-corrected chi connectivity index (χ3v) is 5.23. The van der Waals surface area contributed by atoms with E-state index in [1.54, 1.807) is 12.0 Å². The molecule has 1 unspecified atom stereocenters. The molecule has 2 fully saturated rings. The normalized spacial score (nSPS) is 21.3. The summed E-state index contributed by atoms with van der Waals surface area (Å²) in [5.41, 5.74) is 2.52. The molecule has 2 aromatic rings. The molecule has 0 aromatic carbocycles. The van der Waals surface area contributed by atoms with Crippen LogP contribution >= 0.6 is 0 Å². The largest absolute Gasteiger partial charge is 0.447 e. The van der Waals surface area contributed by atoms with E-state index in [0.29, 0.717) is 31.2 Å². The molecule has 4 heterocycles. The van der Waals surface area contributed by atoms with Crippen molar-refractivity contribution < 1.29 is 13.9 Å². The van der Waals surface area contributed by atoms with Crippen LogP contribution in [0, 0.1) is 13.8 Å². The Morgan fingerprint density at radius 3 is 2.81 bits per heavy atom. The van der Waals surface area contributed by atoms with Gasteiger partial charge in [0, 0.05) is 39.0 Å². The fourth-order valence-corrected chi connectivity index (χ4v) is 3.76. The van der Waals surface area contributed by atoms with Gasteiger partial charge in [0.15, 0.2) is 5.69 Å². The zero-order valence-electron chi connectivity index (χ0n) is 15.5. The minimum Gasteiger partial charge on any atom is -0.447 e. The summed E-state index contributed by atoms with van der Waals surface area (Å²) in [5, 5.41) is 4.50. The first-order valence-electron chi connectivity index (χ1n) is 9.05. The van der Waals surface area contributed by atoms with Crippen LogP contribution in [-0.4, -0.2) is 69.9 Å². The Morgan fingerprint density at radius 1 is 1.35 bits per heavy atom.